The van der Waals surface area contributed by atoms with Crippen LogP contribution in [0.1, 0.15) is 24.2 Å². The molecule has 0 unspecified atom stereocenters. The summed E-state index contributed by atoms with van der Waals surface area (Å²) in [7, 11) is 1.52. The summed E-state index contributed by atoms with van der Waals surface area (Å²) in [5.41, 5.74) is 0.765. The van der Waals surface area contributed by atoms with Gasteiger partial charge in [-0.15, -0.1) is 0 Å². The number of hydrogen-bond donors (Lipinski definition) is 2. The first-order valence-electron chi connectivity index (χ1n) is 8.97. The highest BCUT2D eigenvalue weighted by molar-refractivity contribution is 6.33. The van der Waals surface area contributed by atoms with Crippen molar-refractivity contribution >= 4 is 35.1 Å². The third-order valence-corrected chi connectivity index (χ3v) is 4.35. The summed E-state index contributed by atoms with van der Waals surface area (Å²) in [5.74, 6) is -1.38. The van der Waals surface area contributed by atoms with Crippen molar-refractivity contribution in [1.29, 1.82) is 0 Å². The molecular weight excluding hydrogens is 396 g/mol. The van der Waals surface area contributed by atoms with Gasteiger partial charge in [0.1, 0.15) is 11.8 Å². The average Bonchev–Trinajstić information content (AvgIpc) is 2.70. The molecule has 0 radical (unpaired) electrons. The Balaban J connectivity index is 1.94. The number of amides is 2. The maximum Gasteiger partial charge on any atom is 0.329 e. The first-order valence-corrected chi connectivity index (χ1v) is 9.35. The summed E-state index contributed by atoms with van der Waals surface area (Å²) in [6, 6.07) is 12.4. The van der Waals surface area contributed by atoms with Gasteiger partial charge in [-0.3, -0.25) is 9.59 Å². The van der Waals surface area contributed by atoms with E-state index in [2.05, 4.69) is 10.6 Å². The highest BCUT2D eigenvalue weighted by Gasteiger charge is 2.27. The van der Waals surface area contributed by atoms with Crippen molar-refractivity contribution in [3.05, 3.63) is 59.1 Å². The van der Waals surface area contributed by atoms with Crippen LogP contribution in [0, 0.1) is 5.92 Å². The van der Waals surface area contributed by atoms with Crippen molar-refractivity contribution in [2.45, 2.75) is 19.9 Å². The Morgan fingerprint density at radius 1 is 1.07 bits per heavy atom. The lowest BCUT2D eigenvalue weighted by molar-refractivity contribution is -0.150. The van der Waals surface area contributed by atoms with Gasteiger partial charge in [0.25, 0.3) is 11.8 Å². The van der Waals surface area contributed by atoms with Gasteiger partial charge in [0.05, 0.1) is 17.7 Å². The fourth-order valence-corrected chi connectivity index (χ4v) is 2.71. The molecule has 1 atom stereocenters. The van der Waals surface area contributed by atoms with Crippen LogP contribution in [-0.4, -0.2) is 37.5 Å². The maximum atomic E-state index is 12.4. The normalized spacial score (nSPS) is 11.5. The number of nitrogens with one attached hydrogen (secondary N) is 2. The minimum atomic E-state index is -0.927. The molecule has 8 heteroatoms. The molecule has 2 amide bonds. The summed E-state index contributed by atoms with van der Waals surface area (Å²) < 4.78 is 10.2. The fraction of sp³-hybridized carbons (Fsp3) is 0.286. The van der Waals surface area contributed by atoms with E-state index in [0.29, 0.717) is 11.4 Å². The standard InChI is InChI=1S/C21H23ClN2O5/c1-13(2)19(24-20(26)16-9-4-5-10-17(16)22)21(27)29-12-18(25)23-14-7-6-8-15(11-14)28-3/h4-11,13,19H,12H2,1-3H3,(H,23,25)(H,24,26)/t19-/m0/s1. The number of rotatable bonds is 8. The molecule has 0 bridgehead atoms. The zero-order valence-electron chi connectivity index (χ0n) is 16.4. The van der Waals surface area contributed by atoms with Crippen LogP contribution in [0.2, 0.25) is 5.02 Å². The Morgan fingerprint density at radius 3 is 2.45 bits per heavy atom. The predicted molar refractivity (Wildman–Crippen MR) is 110 cm³/mol. The Bertz CT molecular complexity index is 885. The van der Waals surface area contributed by atoms with Gasteiger partial charge in [0, 0.05) is 11.8 Å². The molecule has 0 spiro atoms. The van der Waals surface area contributed by atoms with Crippen LogP contribution in [0.4, 0.5) is 5.69 Å². The van der Waals surface area contributed by atoms with Crippen LogP contribution in [0.5, 0.6) is 5.75 Å². The largest absolute Gasteiger partial charge is 0.497 e. The number of anilines is 1. The van der Waals surface area contributed by atoms with Gasteiger partial charge < -0.3 is 20.1 Å². The average molecular weight is 419 g/mol. The van der Waals surface area contributed by atoms with E-state index < -0.39 is 30.4 Å². The van der Waals surface area contributed by atoms with Crippen molar-refractivity contribution in [3.63, 3.8) is 0 Å². The second-order valence-corrected chi connectivity index (χ2v) is 6.97. The van der Waals surface area contributed by atoms with Crippen LogP contribution in [0.25, 0.3) is 0 Å². The van der Waals surface area contributed by atoms with Gasteiger partial charge >= 0.3 is 5.97 Å². The van der Waals surface area contributed by atoms with E-state index in [1.165, 1.54) is 7.11 Å². The maximum absolute atomic E-state index is 12.4. The molecule has 0 aliphatic rings. The van der Waals surface area contributed by atoms with Crippen molar-refractivity contribution in [3.8, 4) is 5.75 Å². The van der Waals surface area contributed by atoms with E-state index in [0.717, 1.165) is 0 Å². The predicted octanol–water partition coefficient (Wildman–Crippen LogP) is 3.28. The molecule has 0 fully saturated rings. The number of esters is 1. The van der Waals surface area contributed by atoms with Crippen LogP contribution >= 0.6 is 11.6 Å². The van der Waals surface area contributed by atoms with Crippen molar-refractivity contribution in [2.75, 3.05) is 19.0 Å². The van der Waals surface area contributed by atoms with Gasteiger partial charge in [-0.25, -0.2) is 4.79 Å². The van der Waals surface area contributed by atoms with Crippen LogP contribution in [0.15, 0.2) is 48.5 Å². The zero-order chi connectivity index (χ0) is 21.4. The van der Waals surface area contributed by atoms with Crippen molar-refractivity contribution < 1.29 is 23.9 Å². The third-order valence-electron chi connectivity index (χ3n) is 4.02. The minimum absolute atomic E-state index is 0.253. The summed E-state index contributed by atoms with van der Waals surface area (Å²) in [6.45, 7) is 3.03. The smallest absolute Gasteiger partial charge is 0.329 e. The zero-order valence-corrected chi connectivity index (χ0v) is 17.2. The van der Waals surface area contributed by atoms with E-state index in [9.17, 15) is 14.4 Å². The van der Waals surface area contributed by atoms with E-state index in [-0.39, 0.29) is 16.5 Å². The Kier molecular flexibility index (Phi) is 8.03. The Labute approximate surface area is 174 Å². The number of hydrogen-bond acceptors (Lipinski definition) is 5. The quantitative estimate of drug-likeness (QED) is 0.641. The van der Waals surface area contributed by atoms with Crippen LogP contribution < -0.4 is 15.4 Å². The second-order valence-electron chi connectivity index (χ2n) is 6.56. The minimum Gasteiger partial charge on any atom is -0.497 e. The van der Waals surface area contributed by atoms with E-state index in [1.54, 1.807) is 62.4 Å². The molecular formula is C21H23ClN2O5. The molecule has 0 saturated carbocycles. The van der Waals surface area contributed by atoms with Gasteiger partial charge in [0.2, 0.25) is 0 Å². The Morgan fingerprint density at radius 2 is 1.79 bits per heavy atom. The van der Waals surface area contributed by atoms with Gasteiger partial charge in [-0.05, 0) is 30.2 Å². The molecule has 2 N–H and O–H groups in total. The molecule has 0 aliphatic heterocycles. The lowest BCUT2D eigenvalue weighted by atomic mass is 10.0. The van der Waals surface area contributed by atoms with Crippen LogP contribution in [0.3, 0.4) is 0 Å². The van der Waals surface area contributed by atoms with Gasteiger partial charge in [-0.2, -0.15) is 0 Å². The molecule has 0 aliphatic carbocycles. The van der Waals surface area contributed by atoms with E-state index >= 15 is 0 Å². The van der Waals surface area contributed by atoms with Gasteiger partial charge in [0.15, 0.2) is 6.61 Å². The monoisotopic (exact) mass is 418 g/mol. The first-order chi connectivity index (χ1) is 13.8. The number of benzene rings is 2. The van der Waals surface area contributed by atoms with Crippen molar-refractivity contribution in [1.82, 2.24) is 5.32 Å². The number of methoxy groups -OCH3 is 1. The molecule has 0 aromatic heterocycles. The summed E-state index contributed by atoms with van der Waals surface area (Å²) in [6.07, 6.45) is 0. The molecule has 2 aromatic carbocycles. The molecule has 2 aromatic rings. The number of halogens is 1. The number of carbonyl (C=O) groups is 3. The molecule has 2 rings (SSSR count). The highest BCUT2D eigenvalue weighted by Crippen LogP contribution is 2.17. The third kappa shape index (κ3) is 6.50. The molecule has 0 saturated heterocycles. The molecule has 29 heavy (non-hydrogen) atoms. The van der Waals surface area contributed by atoms with E-state index in [4.69, 9.17) is 21.1 Å². The molecule has 0 heterocycles. The SMILES string of the molecule is COc1cccc(NC(=O)COC(=O)[C@@H](NC(=O)c2ccccc2Cl)C(C)C)c1. The van der Waals surface area contributed by atoms with Gasteiger partial charge in [-0.1, -0.05) is 43.6 Å². The lowest BCUT2D eigenvalue weighted by Gasteiger charge is -2.21. The number of ether oxygens (including phenoxy) is 2. The highest BCUT2D eigenvalue weighted by atomic mass is 35.5. The Hall–Kier alpha value is -3.06. The summed E-state index contributed by atoms with van der Waals surface area (Å²) in [5, 5.41) is 5.51. The topological polar surface area (TPSA) is 93.7 Å². The fourth-order valence-electron chi connectivity index (χ4n) is 2.49. The van der Waals surface area contributed by atoms with E-state index in [1.807, 2.05) is 0 Å². The van der Waals surface area contributed by atoms with Crippen LogP contribution in [-0.2, 0) is 14.3 Å². The number of carbonyl (C=O) groups excluding carboxylic acids is 3. The van der Waals surface area contributed by atoms with Crippen molar-refractivity contribution in [2.24, 2.45) is 5.92 Å². The molecule has 7 nitrogen and oxygen atoms in total. The molecule has 154 valence electrons. The summed E-state index contributed by atoms with van der Waals surface area (Å²) >= 11 is 6.02. The summed E-state index contributed by atoms with van der Waals surface area (Å²) in [4.78, 5) is 36.9. The first kappa shape index (κ1) is 22.2. The second kappa shape index (κ2) is 10.5. The lowest BCUT2D eigenvalue weighted by Crippen LogP contribution is -2.46.